The lowest BCUT2D eigenvalue weighted by Crippen LogP contribution is -2.25. The van der Waals surface area contributed by atoms with Crippen LogP contribution in [0.1, 0.15) is 12.6 Å². The van der Waals surface area contributed by atoms with Crippen LogP contribution in [0.4, 0.5) is 11.8 Å². The summed E-state index contributed by atoms with van der Waals surface area (Å²) < 4.78 is 0. The van der Waals surface area contributed by atoms with E-state index < -0.39 is 0 Å². The van der Waals surface area contributed by atoms with Crippen LogP contribution in [0.15, 0.2) is 6.07 Å². The molecule has 0 bridgehead atoms. The molecule has 0 aliphatic rings. The molecule has 5 nitrogen and oxygen atoms in total. The highest BCUT2D eigenvalue weighted by molar-refractivity contribution is 5.41. The molecule has 0 aromatic carbocycles. The molecule has 5 heteroatoms. The maximum atomic E-state index is 4.32. The molecule has 1 heterocycles. The monoisotopic (exact) mass is 223 g/mol. The van der Waals surface area contributed by atoms with E-state index in [0.29, 0.717) is 5.95 Å². The third-order valence-corrected chi connectivity index (χ3v) is 2.42. The molecule has 1 aromatic rings. The van der Waals surface area contributed by atoms with Gasteiger partial charge in [-0.1, -0.05) is 6.92 Å². The lowest BCUT2D eigenvalue weighted by Gasteiger charge is -2.14. The number of nitrogens with one attached hydrogen (secondary N) is 2. The van der Waals surface area contributed by atoms with Crippen LogP contribution in [0.2, 0.25) is 0 Å². The number of anilines is 2. The molecule has 0 saturated heterocycles. The Kier molecular flexibility index (Phi) is 4.98. The molecule has 0 amide bonds. The summed E-state index contributed by atoms with van der Waals surface area (Å²) in [4.78, 5) is 10.8. The summed E-state index contributed by atoms with van der Waals surface area (Å²) in [6.45, 7) is 7.07. The Morgan fingerprint density at radius 2 is 2.12 bits per heavy atom. The molecular weight excluding hydrogens is 202 g/mol. The molecule has 1 aromatic heterocycles. The van der Waals surface area contributed by atoms with Crippen molar-refractivity contribution in [3.8, 4) is 0 Å². The van der Waals surface area contributed by atoms with Gasteiger partial charge in [0, 0.05) is 31.9 Å². The van der Waals surface area contributed by atoms with Gasteiger partial charge in [-0.2, -0.15) is 4.98 Å². The van der Waals surface area contributed by atoms with Gasteiger partial charge in [0.2, 0.25) is 5.95 Å². The second-order valence-electron chi connectivity index (χ2n) is 3.79. The van der Waals surface area contributed by atoms with Gasteiger partial charge in [0.1, 0.15) is 5.82 Å². The standard InChI is InChI=1S/C11H21N5/c1-5-16(4)7-6-13-10-8-9(2)14-11(12-3)15-10/h8H,5-7H2,1-4H3,(H2,12,13,14,15). The van der Waals surface area contributed by atoms with Crippen LogP contribution in [0.5, 0.6) is 0 Å². The van der Waals surface area contributed by atoms with Crippen LogP contribution < -0.4 is 10.6 Å². The highest BCUT2D eigenvalue weighted by Crippen LogP contribution is 2.08. The van der Waals surface area contributed by atoms with E-state index >= 15 is 0 Å². The van der Waals surface area contributed by atoms with Crippen molar-refractivity contribution < 1.29 is 0 Å². The highest BCUT2D eigenvalue weighted by atomic mass is 15.1. The molecule has 90 valence electrons. The van der Waals surface area contributed by atoms with Gasteiger partial charge in [-0.25, -0.2) is 4.98 Å². The van der Waals surface area contributed by atoms with Crippen LogP contribution >= 0.6 is 0 Å². The molecular formula is C11H21N5. The molecule has 16 heavy (non-hydrogen) atoms. The normalized spacial score (nSPS) is 10.6. The van der Waals surface area contributed by atoms with Crippen molar-refractivity contribution in [2.45, 2.75) is 13.8 Å². The van der Waals surface area contributed by atoms with E-state index in [4.69, 9.17) is 0 Å². The summed E-state index contributed by atoms with van der Waals surface area (Å²) in [5, 5.41) is 6.24. The molecule has 0 fully saturated rings. The van der Waals surface area contributed by atoms with Gasteiger partial charge >= 0.3 is 0 Å². The first-order valence-electron chi connectivity index (χ1n) is 5.61. The minimum absolute atomic E-state index is 0.659. The Bertz CT molecular complexity index is 326. The molecule has 0 aliphatic heterocycles. The SMILES string of the molecule is CCN(C)CCNc1cc(C)nc(NC)n1. The largest absolute Gasteiger partial charge is 0.369 e. The lowest BCUT2D eigenvalue weighted by atomic mass is 10.4. The van der Waals surface area contributed by atoms with Crippen molar-refractivity contribution >= 4 is 11.8 Å². The fourth-order valence-corrected chi connectivity index (χ4v) is 1.30. The maximum absolute atomic E-state index is 4.32. The van der Waals surface area contributed by atoms with Crippen molar-refractivity contribution in [3.05, 3.63) is 11.8 Å². The fourth-order valence-electron chi connectivity index (χ4n) is 1.30. The van der Waals surface area contributed by atoms with Crippen LogP contribution in [-0.2, 0) is 0 Å². The Balaban J connectivity index is 2.50. The Hall–Kier alpha value is -1.36. The molecule has 0 radical (unpaired) electrons. The van der Waals surface area contributed by atoms with E-state index in [1.165, 1.54) is 0 Å². The topological polar surface area (TPSA) is 53.1 Å². The number of hydrogen-bond acceptors (Lipinski definition) is 5. The van der Waals surface area contributed by atoms with E-state index in [1.54, 1.807) is 0 Å². The zero-order valence-electron chi connectivity index (χ0n) is 10.5. The maximum Gasteiger partial charge on any atom is 0.224 e. The van der Waals surface area contributed by atoms with Crippen molar-refractivity contribution in [1.82, 2.24) is 14.9 Å². The minimum atomic E-state index is 0.659. The van der Waals surface area contributed by atoms with Gasteiger partial charge in [0.25, 0.3) is 0 Å². The van der Waals surface area contributed by atoms with E-state index in [9.17, 15) is 0 Å². The molecule has 0 unspecified atom stereocenters. The summed E-state index contributed by atoms with van der Waals surface area (Å²) in [7, 11) is 3.93. The predicted molar refractivity (Wildman–Crippen MR) is 68.0 cm³/mol. The summed E-state index contributed by atoms with van der Waals surface area (Å²) >= 11 is 0. The zero-order valence-corrected chi connectivity index (χ0v) is 10.5. The smallest absolute Gasteiger partial charge is 0.224 e. The van der Waals surface area contributed by atoms with E-state index in [2.05, 4.69) is 39.5 Å². The molecule has 0 atom stereocenters. The summed E-state index contributed by atoms with van der Waals surface area (Å²) in [5.41, 5.74) is 0.964. The molecule has 0 aliphatic carbocycles. The molecule has 2 N–H and O–H groups in total. The number of likely N-dealkylation sites (N-methyl/N-ethyl adjacent to an activating group) is 1. The predicted octanol–water partition coefficient (Wildman–Crippen LogP) is 1.19. The quantitative estimate of drug-likeness (QED) is 0.758. The van der Waals surface area contributed by atoms with Gasteiger partial charge in [-0.3, -0.25) is 0 Å². The zero-order chi connectivity index (χ0) is 12.0. The van der Waals surface area contributed by atoms with Gasteiger partial charge < -0.3 is 15.5 Å². The Labute approximate surface area is 97.3 Å². The van der Waals surface area contributed by atoms with Crippen LogP contribution in [0.25, 0.3) is 0 Å². The number of aryl methyl sites for hydroxylation is 1. The van der Waals surface area contributed by atoms with Crippen molar-refractivity contribution in [2.24, 2.45) is 0 Å². The molecule has 0 spiro atoms. The fraction of sp³-hybridized carbons (Fsp3) is 0.636. The van der Waals surface area contributed by atoms with E-state index in [1.807, 2.05) is 20.0 Å². The van der Waals surface area contributed by atoms with Crippen LogP contribution in [0, 0.1) is 6.92 Å². The van der Waals surface area contributed by atoms with E-state index in [-0.39, 0.29) is 0 Å². The minimum Gasteiger partial charge on any atom is -0.369 e. The van der Waals surface area contributed by atoms with Crippen molar-refractivity contribution in [2.75, 3.05) is 44.4 Å². The van der Waals surface area contributed by atoms with Gasteiger partial charge in [0.15, 0.2) is 0 Å². The van der Waals surface area contributed by atoms with Crippen LogP contribution in [0.3, 0.4) is 0 Å². The number of aromatic nitrogens is 2. The highest BCUT2D eigenvalue weighted by Gasteiger charge is 2.00. The first-order valence-corrected chi connectivity index (χ1v) is 5.61. The third-order valence-electron chi connectivity index (χ3n) is 2.42. The van der Waals surface area contributed by atoms with Gasteiger partial charge in [0.05, 0.1) is 0 Å². The Morgan fingerprint density at radius 3 is 2.75 bits per heavy atom. The number of rotatable bonds is 6. The summed E-state index contributed by atoms with van der Waals surface area (Å²) in [6.07, 6.45) is 0. The second-order valence-corrected chi connectivity index (χ2v) is 3.79. The Morgan fingerprint density at radius 1 is 1.38 bits per heavy atom. The van der Waals surface area contributed by atoms with Crippen molar-refractivity contribution in [3.63, 3.8) is 0 Å². The van der Waals surface area contributed by atoms with Crippen molar-refractivity contribution in [1.29, 1.82) is 0 Å². The summed E-state index contributed by atoms with van der Waals surface area (Å²) in [6, 6.07) is 1.95. The third kappa shape index (κ3) is 4.02. The molecule has 0 saturated carbocycles. The van der Waals surface area contributed by atoms with Gasteiger partial charge in [-0.05, 0) is 20.5 Å². The number of nitrogens with zero attached hydrogens (tertiary/aromatic N) is 3. The average Bonchev–Trinajstić information content (AvgIpc) is 2.28. The van der Waals surface area contributed by atoms with Crippen LogP contribution in [-0.4, -0.2) is 48.6 Å². The number of hydrogen-bond donors (Lipinski definition) is 2. The molecule has 1 rings (SSSR count). The summed E-state index contributed by atoms with van der Waals surface area (Å²) in [5.74, 6) is 1.53. The average molecular weight is 223 g/mol. The van der Waals surface area contributed by atoms with Gasteiger partial charge in [-0.15, -0.1) is 0 Å². The first-order chi connectivity index (χ1) is 7.65. The van der Waals surface area contributed by atoms with E-state index in [0.717, 1.165) is 31.1 Å². The second kappa shape index (κ2) is 6.27. The lowest BCUT2D eigenvalue weighted by molar-refractivity contribution is 0.367. The first kappa shape index (κ1) is 12.7.